The molecule has 4 heterocycles. The molecule has 0 amide bonds. The van der Waals surface area contributed by atoms with Gasteiger partial charge in [-0.05, 0) is 71.6 Å². The Kier molecular flexibility index (Phi) is 15.2. The van der Waals surface area contributed by atoms with E-state index in [2.05, 4.69) is 13.0 Å². The van der Waals surface area contributed by atoms with Crippen molar-refractivity contribution in [3.8, 4) is 0 Å². The molecule has 2 bridgehead atoms. The van der Waals surface area contributed by atoms with Gasteiger partial charge in [0, 0.05) is 55.4 Å². The molecule has 4 aliphatic rings. The normalized spacial score (nSPS) is 47.1. The van der Waals surface area contributed by atoms with Crippen molar-refractivity contribution in [1.29, 1.82) is 0 Å². The number of allylic oxidation sites excluding steroid dienone is 1. The lowest BCUT2D eigenvalue weighted by Gasteiger charge is -2.52. The SMILES string of the molecule is CC[C@H](O)C[C@@H]1O[C@]2(CC[C@@H]1C)C[C@@H]1OC(=O)/C=C/[C@H](C)[C@@H](O)[C@H](C)[C@@H](O)C[C@H](O)[C@](C)(O)CCCCC/C=C/[C@H]3CC(C)(C)O[C@]3(O)C[C@@H](O2)[C@@H]1C. The van der Waals surface area contributed by atoms with Crippen LogP contribution in [0.1, 0.15) is 139 Å². The van der Waals surface area contributed by atoms with Crippen molar-refractivity contribution in [3.05, 3.63) is 24.3 Å². The first kappa shape index (κ1) is 44.3. The highest BCUT2D eigenvalue weighted by molar-refractivity contribution is 5.82. The lowest BCUT2D eigenvalue weighted by molar-refractivity contribution is -0.358. The molecule has 0 aromatic carbocycles. The summed E-state index contributed by atoms with van der Waals surface area (Å²) in [6.45, 7) is 15.0. The second-order valence-corrected chi connectivity index (χ2v) is 18.1. The van der Waals surface area contributed by atoms with Crippen LogP contribution in [0.2, 0.25) is 0 Å². The minimum atomic E-state index is -1.54. The van der Waals surface area contributed by atoms with Gasteiger partial charge in [0.05, 0.1) is 47.8 Å². The minimum Gasteiger partial charge on any atom is -0.459 e. The number of hydrogen-bond acceptors (Lipinski definition) is 11. The number of rotatable bonds is 3. The van der Waals surface area contributed by atoms with E-state index in [4.69, 9.17) is 18.9 Å². The van der Waals surface area contributed by atoms with Gasteiger partial charge in [-0.3, -0.25) is 0 Å². The number of hydrogen-bond donors (Lipinski definition) is 6. The largest absolute Gasteiger partial charge is 0.459 e. The predicted octanol–water partition coefficient (Wildman–Crippen LogP) is 5.46. The third-order valence-corrected chi connectivity index (χ3v) is 12.8. The average Bonchev–Trinajstić information content (AvgIpc) is 3.32. The van der Waals surface area contributed by atoms with E-state index in [1.165, 1.54) is 6.08 Å². The van der Waals surface area contributed by atoms with Gasteiger partial charge in [0.1, 0.15) is 6.10 Å². The van der Waals surface area contributed by atoms with Crippen LogP contribution in [0.5, 0.6) is 0 Å². The van der Waals surface area contributed by atoms with Crippen LogP contribution in [-0.2, 0) is 23.7 Å². The van der Waals surface area contributed by atoms with E-state index in [0.717, 1.165) is 25.7 Å². The molecule has 4 rings (SSSR count). The van der Waals surface area contributed by atoms with Gasteiger partial charge in [0.25, 0.3) is 0 Å². The van der Waals surface area contributed by atoms with E-state index in [-0.39, 0.29) is 43.1 Å². The van der Waals surface area contributed by atoms with E-state index in [1.54, 1.807) is 26.8 Å². The van der Waals surface area contributed by atoms with Crippen molar-refractivity contribution in [1.82, 2.24) is 0 Å². The zero-order chi connectivity index (χ0) is 39.4. The Bertz CT molecular complexity index is 1240. The summed E-state index contributed by atoms with van der Waals surface area (Å²) in [5.74, 6) is -4.82. The van der Waals surface area contributed by atoms with Crippen LogP contribution in [0.3, 0.4) is 0 Å². The summed E-state index contributed by atoms with van der Waals surface area (Å²) in [6.07, 6.45) is 8.61. The summed E-state index contributed by atoms with van der Waals surface area (Å²) < 4.78 is 26.2. The first-order valence-corrected chi connectivity index (χ1v) is 20.5. The van der Waals surface area contributed by atoms with Crippen molar-refractivity contribution in [2.45, 2.75) is 204 Å². The number of aliphatic hydroxyl groups excluding tert-OH is 4. The quantitative estimate of drug-likeness (QED) is 0.160. The zero-order valence-electron chi connectivity index (χ0n) is 33.7. The third-order valence-electron chi connectivity index (χ3n) is 12.8. The summed E-state index contributed by atoms with van der Waals surface area (Å²) in [5.41, 5.74) is -1.99. The van der Waals surface area contributed by atoms with Crippen molar-refractivity contribution in [3.63, 3.8) is 0 Å². The van der Waals surface area contributed by atoms with Crippen LogP contribution in [0.25, 0.3) is 0 Å². The molecule has 3 fully saturated rings. The van der Waals surface area contributed by atoms with Gasteiger partial charge < -0.3 is 49.6 Å². The first-order chi connectivity index (χ1) is 24.7. The van der Waals surface area contributed by atoms with Crippen molar-refractivity contribution in [2.75, 3.05) is 0 Å². The number of carbonyl (C=O) groups is 1. The van der Waals surface area contributed by atoms with Crippen LogP contribution in [0.4, 0.5) is 0 Å². The number of aliphatic hydroxyl groups is 6. The number of ether oxygens (including phenoxy) is 4. The molecule has 0 unspecified atom stereocenters. The molecule has 11 heteroatoms. The molecule has 3 saturated heterocycles. The summed E-state index contributed by atoms with van der Waals surface area (Å²) >= 11 is 0. The standard InChI is InChI=1S/C42H72O11/c1-9-31(43)21-33-26(2)18-20-41(51-33)24-34-29(5)35(52-41)25-42(49)30(23-39(6,7)53-42)15-13-11-10-12-14-19-40(8,48)36(45)22-32(44)28(4)38(47)27(3)16-17-37(46)50-34/h13,15-17,26-36,38,43-45,47-49H,9-12,14,18-25H2,1-8H3/b15-13+,17-16+/t26-,27-,28+,29+,30-,31-,32-,33-,34-,35+,36-,38+,40+,41-,42+/m0/s1. The second kappa shape index (κ2) is 18.2. The Balaban J connectivity index is 1.64. The Hall–Kier alpha value is -1.41. The highest BCUT2D eigenvalue weighted by Crippen LogP contribution is 2.50. The Labute approximate surface area is 318 Å². The van der Waals surface area contributed by atoms with Gasteiger partial charge in [-0.15, -0.1) is 0 Å². The fourth-order valence-corrected chi connectivity index (χ4v) is 8.85. The van der Waals surface area contributed by atoms with E-state index in [1.807, 2.05) is 33.8 Å². The van der Waals surface area contributed by atoms with Crippen LogP contribution < -0.4 is 0 Å². The van der Waals surface area contributed by atoms with Gasteiger partial charge in [0.2, 0.25) is 0 Å². The molecular weight excluding hydrogens is 680 g/mol. The van der Waals surface area contributed by atoms with Gasteiger partial charge >= 0.3 is 5.97 Å². The average molecular weight is 753 g/mol. The van der Waals surface area contributed by atoms with Crippen LogP contribution >= 0.6 is 0 Å². The van der Waals surface area contributed by atoms with Crippen molar-refractivity contribution < 1.29 is 54.4 Å². The summed E-state index contributed by atoms with van der Waals surface area (Å²) in [4.78, 5) is 13.5. The van der Waals surface area contributed by atoms with E-state index >= 15 is 0 Å². The van der Waals surface area contributed by atoms with Crippen molar-refractivity contribution >= 4 is 5.97 Å². The van der Waals surface area contributed by atoms with Crippen LogP contribution in [0.15, 0.2) is 24.3 Å². The van der Waals surface area contributed by atoms with Crippen LogP contribution in [-0.4, -0.2) is 102 Å². The zero-order valence-corrected chi connectivity index (χ0v) is 33.7. The lowest BCUT2D eigenvalue weighted by Crippen LogP contribution is -2.59. The maximum atomic E-state index is 13.5. The number of carbonyl (C=O) groups excluding carboxylic acids is 1. The third kappa shape index (κ3) is 11.6. The molecule has 0 aliphatic carbocycles. The van der Waals surface area contributed by atoms with Gasteiger partial charge in [-0.1, -0.05) is 65.7 Å². The molecule has 11 nitrogen and oxygen atoms in total. The van der Waals surface area contributed by atoms with Gasteiger partial charge in [-0.25, -0.2) is 4.79 Å². The molecular formula is C42H72O11. The Morgan fingerprint density at radius 2 is 1.60 bits per heavy atom. The lowest BCUT2D eigenvalue weighted by atomic mass is 9.79. The fraction of sp³-hybridized carbons (Fsp3) is 0.881. The smallest absolute Gasteiger partial charge is 0.330 e. The highest BCUT2D eigenvalue weighted by atomic mass is 16.7. The highest BCUT2D eigenvalue weighted by Gasteiger charge is 2.56. The number of fused-ring (bicyclic) bond motifs is 3. The molecule has 0 aromatic rings. The predicted molar refractivity (Wildman–Crippen MR) is 201 cm³/mol. The number of esters is 1. The summed E-state index contributed by atoms with van der Waals surface area (Å²) in [5, 5.41) is 66.7. The topological polar surface area (TPSA) is 175 Å². The molecule has 53 heavy (non-hydrogen) atoms. The van der Waals surface area contributed by atoms with Crippen molar-refractivity contribution in [2.24, 2.45) is 29.6 Å². The monoisotopic (exact) mass is 753 g/mol. The Morgan fingerprint density at radius 3 is 2.30 bits per heavy atom. The molecule has 15 atom stereocenters. The molecule has 306 valence electrons. The molecule has 4 aliphatic heterocycles. The van der Waals surface area contributed by atoms with E-state index < -0.39 is 77.2 Å². The first-order valence-electron chi connectivity index (χ1n) is 20.5. The second-order valence-electron chi connectivity index (χ2n) is 18.1. The van der Waals surface area contributed by atoms with Crippen LogP contribution in [0, 0.1) is 29.6 Å². The summed E-state index contributed by atoms with van der Waals surface area (Å²) in [7, 11) is 0. The van der Waals surface area contributed by atoms with Gasteiger partial charge in [-0.2, -0.15) is 0 Å². The summed E-state index contributed by atoms with van der Waals surface area (Å²) in [6, 6.07) is 0. The minimum absolute atomic E-state index is 0.0984. The molecule has 1 spiro atoms. The van der Waals surface area contributed by atoms with E-state index in [9.17, 15) is 35.4 Å². The molecule has 0 radical (unpaired) electrons. The fourth-order valence-electron chi connectivity index (χ4n) is 8.85. The Morgan fingerprint density at radius 1 is 0.887 bits per heavy atom. The van der Waals surface area contributed by atoms with Gasteiger partial charge in [0.15, 0.2) is 11.6 Å². The maximum absolute atomic E-state index is 13.5. The van der Waals surface area contributed by atoms with E-state index in [0.29, 0.717) is 38.5 Å². The molecule has 0 aromatic heterocycles. The maximum Gasteiger partial charge on any atom is 0.330 e. The molecule has 6 N–H and O–H groups in total. The molecule has 0 saturated carbocycles.